The van der Waals surface area contributed by atoms with Crippen molar-refractivity contribution in [2.75, 3.05) is 27.2 Å². The Balaban J connectivity index is 1.98. The molecule has 100 valence electrons. The summed E-state index contributed by atoms with van der Waals surface area (Å²) >= 11 is 0. The van der Waals surface area contributed by atoms with E-state index in [1.807, 2.05) is 19.0 Å². The summed E-state index contributed by atoms with van der Waals surface area (Å²) in [6.45, 7) is 1.54. The first-order valence-corrected chi connectivity index (χ1v) is 6.39. The molecule has 2 amide bonds. The summed E-state index contributed by atoms with van der Waals surface area (Å²) in [5.41, 5.74) is 2.86. The van der Waals surface area contributed by atoms with Crippen LogP contribution in [-0.4, -0.2) is 60.6 Å². The SMILES string of the molecule is CN(C)C1CCCN(C(=O)C2=NNC(=O)CC2)C1. The van der Waals surface area contributed by atoms with Gasteiger partial charge in [0.25, 0.3) is 5.91 Å². The molecule has 2 heterocycles. The van der Waals surface area contributed by atoms with Gasteiger partial charge in [-0.25, -0.2) is 5.43 Å². The summed E-state index contributed by atoms with van der Waals surface area (Å²) in [4.78, 5) is 27.3. The maximum absolute atomic E-state index is 12.3. The molecule has 6 heteroatoms. The van der Waals surface area contributed by atoms with Crippen molar-refractivity contribution in [2.45, 2.75) is 31.7 Å². The Hall–Kier alpha value is -1.43. The molecule has 18 heavy (non-hydrogen) atoms. The zero-order valence-corrected chi connectivity index (χ0v) is 11.0. The van der Waals surface area contributed by atoms with E-state index >= 15 is 0 Å². The van der Waals surface area contributed by atoms with E-state index < -0.39 is 0 Å². The molecule has 0 aliphatic carbocycles. The van der Waals surface area contributed by atoms with Gasteiger partial charge in [0.05, 0.1) is 0 Å². The Morgan fingerprint density at radius 1 is 1.44 bits per heavy atom. The Morgan fingerprint density at radius 2 is 2.22 bits per heavy atom. The average molecular weight is 252 g/mol. The van der Waals surface area contributed by atoms with Crippen LogP contribution in [-0.2, 0) is 9.59 Å². The van der Waals surface area contributed by atoms with Gasteiger partial charge in [0.2, 0.25) is 5.91 Å². The second-order valence-corrected chi connectivity index (χ2v) is 5.10. The van der Waals surface area contributed by atoms with Crippen LogP contribution < -0.4 is 5.43 Å². The van der Waals surface area contributed by atoms with Crippen molar-refractivity contribution in [2.24, 2.45) is 5.10 Å². The number of hydrazone groups is 1. The average Bonchev–Trinajstić information content (AvgIpc) is 2.39. The number of amides is 2. The maximum atomic E-state index is 12.3. The number of carbonyl (C=O) groups excluding carboxylic acids is 2. The third-order valence-corrected chi connectivity index (χ3v) is 3.57. The molecular formula is C12H20N4O2. The van der Waals surface area contributed by atoms with Crippen LogP contribution in [0.3, 0.4) is 0 Å². The van der Waals surface area contributed by atoms with Gasteiger partial charge < -0.3 is 9.80 Å². The second kappa shape index (κ2) is 5.48. The predicted octanol–water partition coefficient (Wildman–Crippen LogP) is -0.195. The third-order valence-electron chi connectivity index (χ3n) is 3.57. The summed E-state index contributed by atoms with van der Waals surface area (Å²) in [7, 11) is 4.08. The summed E-state index contributed by atoms with van der Waals surface area (Å²) < 4.78 is 0. The lowest BCUT2D eigenvalue weighted by Gasteiger charge is -2.36. The van der Waals surface area contributed by atoms with E-state index in [9.17, 15) is 9.59 Å². The molecule has 2 rings (SSSR count). The number of likely N-dealkylation sites (N-methyl/N-ethyl adjacent to an activating group) is 1. The van der Waals surface area contributed by atoms with E-state index in [4.69, 9.17) is 0 Å². The number of nitrogens with one attached hydrogen (secondary N) is 1. The lowest BCUT2D eigenvalue weighted by Crippen LogP contribution is -2.50. The normalized spacial score (nSPS) is 24.8. The van der Waals surface area contributed by atoms with E-state index in [0.29, 0.717) is 24.6 Å². The highest BCUT2D eigenvalue weighted by molar-refractivity contribution is 6.39. The lowest BCUT2D eigenvalue weighted by molar-refractivity contribution is -0.126. The monoisotopic (exact) mass is 252 g/mol. The fraction of sp³-hybridized carbons (Fsp3) is 0.750. The van der Waals surface area contributed by atoms with Crippen LogP contribution in [0, 0.1) is 0 Å². The van der Waals surface area contributed by atoms with Gasteiger partial charge in [0, 0.05) is 32.0 Å². The van der Waals surface area contributed by atoms with Crippen LogP contribution in [0.1, 0.15) is 25.7 Å². The Kier molecular flexibility index (Phi) is 3.96. The van der Waals surface area contributed by atoms with Gasteiger partial charge in [-0.15, -0.1) is 0 Å². The van der Waals surface area contributed by atoms with E-state index in [2.05, 4.69) is 15.4 Å². The third kappa shape index (κ3) is 2.87. The summed E-state index contributed by atoms with van der Waals surface area (Å²) in [5.74, 6) is -0.141. The van der Waals surface area contributed by atoms with Gasteiger partial charge in [0.15, 0.2) is 0 Å². The molecule has 0 aromatic rings. The number of hydrogen-bond donors (Lipinski definition) is 1. The first kappa shape index (κ1) is 13.0. The highest BCUT2D eigenvalue weighted by atomic mass is 16.2. The molecule has 1 unspecified atom stereocenters. The number of likely N-dealkylation sites (tertiary alicyclic amines) is 1. The van der Waals surface area contributed by atoms with Crippen LogP contribution in [0.4, 0.5) is 0 Å². The van der Waals surface area contributed by atoms with Crippen molar-refractivity contribution < 1.29 is 9.59 Å². The Morgan fingerprint density at radius 3 is 2.83 bits per heavy atom. The number of nitrogens with zero attached hydrogens (tertiary/aromatic N) is 3. The minimum absolute atomic E-state index is 0.0263. The molecule has 0 radical (unpaired) electrons. The van der Waals surface area contributed by atoms with Crippen LogP contribution in [0.5, 0.6) is 0 Å². The second-order valence-electron chi connectivity index (χ2n) is 5.10. The van der Waals surface area contributed by atoms with Gasteiger partial charge in [-0.3, -0.25) is 9.59 Å². The Bertz CT molecular complexity index is 378. The number of carbonyl (C=O) groups is 2. The quantitative estimate of drug-likeness (QED) is 0.740. The molecule has 1 fully saturated rings. The predicted molar refractivity (Wildman–Crippen MR) is 68.1 cm³/mol. The first-order chi connectivity index (χ1) is 8.58. The molecular weight excluding hydrogens is 232 g/mol. The van der Waals surface area contributed by atoms with Gasteiger partial charge in [-0.1, -0.05) is 0 Å². The molecule has 1 atom stereocenters. The van der Waals surface area contributed by atoms with Crippen LogP contribution in [0.15, 0.2) is 5.10 Å². The topological polar surface area (TPSA) is 65.0 Å². The standard InChI is InChI=1S/C12H20N4O2/c1-15(2)9-4-3-7-16(8-9)12(18)10-5-6-11(17)14-13-10/h9H,3-8H2,1-2H3,(H,14,17). The molecule has 0 spiro atoms. The van der Waals surface area contributed by atoms with Crippen LogP contribution >= 0.6 is 0 Å². The molecule has 0 saturated carbocycles. The number of piperidine rings is 1. The molecule has 0 aromatic carbocycles. The zero-order chi connectivity index (χ0) is 13.1. The molecule has 0 bridgehead atoms. The zero-order valence-electron chi connectivity index (χ0n) is 11.0. The summed E-state index contributed by atoms with van der Waals surface area (Å²) in [5, 5.41) is 3.87. The van der Waals surface area contributed by atoms with Gasteiger partial charge in [0.1, 0.15) is 5.71 Å². The van der Waals surface area contributed by atoms with Gasteiger partial charge in [-0.05, 0) is 26.9 Å². The van der Waals surface area contributed by atoms with Crippen LogP contribution in [0.2, 0.25) is 0 Å². The minimum Gasteiger partial charge on any atom is -0.336 e. The fourth-order valence-electron chi connectivity index (χ4n) is 2.37. The molecule has 0 aromatic heterocycles. The smallest absolute Gasteiger partial charge is 0.270 e. The van der Waals surface area contributed by atoms with E-state index in [1.54, 1.807) is 0 Å². The van der Waals surface area contributed by atoms with Crippen molar-refractivity contribution >= 4 is 17.5 Å². The van der Waals surface area contributed by atoms with Crippen molar-refractivity contribution in [3.63, 3.8) is 0 Å². The first-order valence-electron chi connectivity index (χ1n) is 6.39. The van der Waals surface area contributed by atoms with Crippen molar-refractivity contribution in [3.8, 4) is 0 Å². The molecule has 1 saturated heterocycles. The van der Waals surface area contributed by atoms with E-state index in [0.717, 1.165) is 25.9 Å². The van der Waals surface area contributed by atoms with E-state index in [-0.39, 0.29) is 11.8 Å². The largest absolute Gasteiger partial charge is 0.336 e. The molecule has 2 aliphatic heterocycles. The lowest BCUT2D eigenvalue weighted by atomic mass is 10.0. The van der Waals surface area contributed by atoms with Crippen molar-refractivity contribution in [1.29, 1.82) is 0 Å². The molecule has 1 N–H and O–H groups in total. The fourth-order valence-corrected chi connectivity index (χ4v) is 2.37. The number of rotatable bonds is 2. The van der Waals surface area contributed by atoms with Gasteiger partial charge in [-0.2, -0.15) is 5.10 Å². The summed E-state index contributed by atoms with van der Waals surface area (Å²) in [6, 6.07) is 0.418. The van der Waals surface area contributed by atoms with Crippen LogP contribution in [0.25, 0.3) is 0 Å². The minimum atomic E-state index is -0.114. The van der Waals surface area contributed by atoms with Crippen molar-refractivity contribution in [1.82, 2.24) is 15.2 Å². The highest BCUT2D eigenvalue weighted by Crippen LogP contribution is 2.15. The number of hydrogen-bond acceptors (Lipinski definition) is 4. The summed E-state index contributed by atoms with van der Waals surface area (Å²) in [6.07, 6.45) is 2.96. The molecule has 6 nitrogen and oxygen atoms in total. The van der Waals surface area contributed by atoms with Crippen molar-refractivity contribution in [3.05, 3.63) is 0 Å². The Labute approximate surface area is 107 Å². The highest BCUT2D eigenvalue weighted by Gasteiger charge is 2.28. The molecule has 2 aliphatic rings. The van der Waals surface area contributed by atoms with E-state index in [1.165, 1.54) is 0 Å². The van der Waals surface area contributed by atoms with Gasteiger partial charge >= 0.3 is 0 Å². The maximum Gasteiger partial charge on any atom is 0.270 e.